The summed E-state index contributed by atoms with van der Waals surface area (Å²) in [5, 5.41) is 1.05. The number of hydrogen-bond donors (Lipinski definition) is 0. The van der Waals surface area contributed by atoms with Crippen LogP contribution in [0.5, 0.6) is 34.5 Å². The Bertz CT molecular complexity index is 1490. The SMILES string of the molecule is COc1cc(C(=O)CC(CC(=O)c2cc(OC)c(OC)c(OC)c2)c2cc3ccccc3nc2Cl)cc(OC)c1OC. The van der Waals surface area contributed by atoms with Crippen LogP contribution in [0.25, 0.3) is 10.9 Å². The van der Waals surface area contributed by atoms with Gasteiger partial charge in [-0.05, 0) is 42.0 Å². The predicted molar refractivity (Wildman–Crippen MR) is 160 cm³/mol. The second-order valence-electron chi connectivity index (χ2n) is 9.34. The van der Waals surface area contributed by atoms with Crippen LogP contribution in [-0.4, -0.2) is 59.2 Å². The van der Waals surface area contributed by atoms with Crippen molar-refractivity contribution >= 4 is 34.1 Å². The zero-order chi connectivity index (χ0) is 30.4. The van der Waals surface area contributed by atoms with Crippen LogP contribution in [0.2, 0.25) is 5.15 Å². The van der Waals surface area contributed by atoms with Crippen LogP contribution in [0.3, 0.4) is 0 Å². The quantitative estimate of drug-likeness (QED) is 0.126. The number of hydrogen-bond acceptors (Lipinski definition) is 9. The first-order chi connectivity index (χ1) is 20.3. The lowest BCUT2D eigenvalue weighted by molar-refractivity contribution is 0.0943. The van der Waals surface area contributed by atoms with Crippen molar-refractivity contribution in [2.75, 3.05) is 42.7 Å². The molecule has 1 heterocycles. The molecule has 0 atom stereocenters. The minimum Gasteiger partial charge on any atom is -0.493 e. The van der Waals surface area contributed by atoms with Crippen LogP contribution >= 0.6 is 11.6 Å². The fourth-order valence-corrected chi connectivity index (χ4v) is 5.15. The van der Waals surface area contributed by atoms with E-state index in [9.17, 15) is 9.59 Å². The molecule has 0 bridgehead atoms. The number of rotatable bonds is 13. The predicted octanol–water partition coefficient (Wildman–Crippen LogP) is 6.57. The number of methoxy groups -OCH3 is 6. The molecule has 0 N–H and O–H groups in total. The van der Waals surface area contributed by atoms with Gasteiger partial charge in [0.2, 0.25) is 11.5 Å². The van der Waals surface area contributed by atoms with Crippen molar-refractivity contribution in [1.82, 2.24) is 4.98 Å². The molecule has 0 fully saturated rings. The fourth-order valence-electron chi connectivity index (χ4n) is 4.85. The Balaban J connectivity index is 1.77. The second-order valence-corrected chi connectivity index (χ2v) is 9.70. The van der Waals surface area contributed by atoms with E-state index in [-0.39, 0.29) is 29.6 Å². The van der Waals surface area contributed by atoms with E-state index in [0.29, 0.717) is 56.7 Å². The molecule has 0 amide bonds. The number of halogens is 1. The van der Waals surface area contributed by atoms with E-state index in [2.05, 4.69) is 4.98 Å². The highest BCUT2D eigenvalue weighted by Gasteiger charge is 2.27. The van der Waals surface area contributed by atoms with Gasteiger partial charge in [-0.2, -0.15) is 0 Å². The minimum absolute atomic E-state index is 0.0471. The Hall–Kier alpha value is -4.50. The highest BCUT2D eigenvalue weighted by Crippen LogP contribution is 2.41. The first kappa shape index (κ1) is 30.5. The Kier molecular flexibility index (Phi) is 9.75. The Labute approximate surface area is 249 Å². The number of carbonyl (C=O) groups is 2. The number of Topliss-reactive ketones (excluding diaryl/α,β-unsaturated/α-hetero) is 2. The van der Waals surface area contributed by atoms with Gasteiger partial charge in [-0.3, -0.25) is 9.59 Å². The third-order valence-electron chi connectivity index (χ3n) is 6.98. The summed E-state index contributed by atoms with van der Waals surface area (Å²) < 4.78 is 32.5. The summed E-state index contributed by atoms with van der Waals surface area (Å²) in [6.45, 7) is 0. The van der Waals surface area contributed by atoms with E-state index >= 15 is 0 Å². The van der Waals surface area contributed by atoms with Gasteiger partial charge >= 0.3 is 0 Å². The highest BCUT2D eigenvalue weighted by molar-refractivity contribution is 6.30. The number of para-hydroxylation sites is 1. The van der Waals surface area contributed by atoms with Gasteiger partial charge in [-0.15, -0.1) is 0 Å². The Morgan fingerprint density at radius 3 is 1.50 bits per heavy atom. The molecule has 0 spiro atoms. The number of nitrogens with zero attached hydrogens (tertiary/aromatic N) is 1. The van der Waals surface area contributed by atoms with Crippen molar-refractivity contribution in [3.63, 3.8) is 0 Å². The van der Waals surface area contributed by atoms with Crippen molar-refractivity contribution < 1.29 is 38.0 Å². The van der Waals surface area contributed by atoms with Gasteiger partial charge in [0.15, 0.2) is 34.6 Å². The molecular weight excluding hydrogens is 562 g/mol. The molecule has 4 aromatic rings. The molecule has 0 aliphatic rings. The topological polar surface area (TPSA) is 102 Å². The highest BCUT2D eigenvalue weighted by atomic mass is 35.5. The summed E-state index contributed by atoms with van der Waals surface area (Å²) in [7, 11) is 8.88. The summed E-state index contributed by atoms with van der Waals surface area (Å²) in [6.07, 6.45) is -0.0942. The average Bonchev–Trinajstić information content (AvgIpc) is 3.02. The third kappa shape index (κ3) is 6.21. The maximum absolute atomic E-state index is 13.8. The number of carbonyl (C=O) groups excluding carboxylic acids is 2. The number of pyridine rings is 1. The van der Waals surface area contributed by atoms with Gasteiger partial charge in [0.05, 0.1) is 48.2 Å². The first-order valence-electron chi connectivity index (χ1n) is 13.0. The summed E-state index contributed by atoms with van der Waals surface area (Å²) in [5.74, 6) is 0.993. The molecule has 42 heavy (non-hydrogen) atoms. The molecule has 0 aliphatic heterocycles. The van der Waals surface area contributed by atoms with Gasteiger partial charge in [0, 0.05) is 35.3 Å². The van der Waals surface area contributed by atoms with E-state index in [1.54, 1.807) is 24.3 Å². The van der Waals surface area contributed by atoms with Gasteiger partial charge < -0.3 is 28.4 Å². The number of benzene rings is 3. The van der Waals surface area contributed by atoms with Gasteiger partial charge in [0.25, 0.3) is 0 Å². The number of fused-ring (bicyclic) bond motifs is 1. The van der Waals surface area contributed by atoms with Crippen LogP contribution in [0, 0.1) is 0 Å². The fraction of sp³-hybridized carbons (Fsp3) is 0.281. The molecule has 4 rings (SSSR count). The monoisotopic (exact) mass is 593 g/mol. The van der Waals surface area contributed by atoms with Gasteiger partial charge in [-0.25, -0.2) is 4.98 Å². The molecular formula is C32H32ClNO8. The molecule has 0 saturated carbocycles. The summed E-state index contributed by atoms with van der Waals surface area (Å²) in [6, 6.07) is 15.7. The largest absolute Gasteiger partial charge is 0.493 e. The molecule has 3 aromatic carbocycles. The Morgan fingerprint density at radius 2 is 1.10 bits per heavy atom. The van der Waals surface area contributed by atoms with E-state index in [1.165, 1.54) is 42.7 Å². The molecule has 0 unspecified atom stereocenters. The van der Waals surface area contributed by atoms with Crippen molar-refractivity contribution in [3.05, 3.63) is 76.4 Å². The van der Waals surface area contributed by atoms with Gasteiger partial charge in [-0.1, -0.05) is 29.8 Å². The van der Waals surface area contributed by atoms with Crippen LogP contribution in [0.15, 0.2) is 54.6 Å². The average molecular weight is 594 g/mol. The maximum atomic E-state index is 13.8. The maximum Gasteiger partial charge on any atom is 0.203 e. The minimum atomic E-state index is -0.618. The summed E-state index contributed by atoms with van der Waals surface area (Å²) in [5.41, 5.74) is 1.95. The molecule has 10 heteroatoms. The summed E-state index contributed by atoms with van der Waals surface area (Å²) >= 11 is 6.68. The lowest BCUT2D eigenvalue weighted by atomic mass is 9.86. The number of ketones is 2. The molecule has 220 valence electrons. The molecule has 0 aliphatic carbocycles. The van der Waals surface area contributed by atoms with Crippen LogP contribution in [-0.2, 0) is 0 Å². The van der Waals surface area contributed by atoms with Crippen LogP contribution in [0.1, 0.15) is 45.0 Å². The molecule has 0 radical (unpaired) electrons. The lowest BCUT2D eigenvalue weighted by Gasteiger charge is -2.20. The van der Waals surface area contributed by atoms with Crippen molar-refractivity contribution in [2.45, 2.75) is 18.8 Å². The molecule has 9 nitrogen and oxygen atoms in total. The van der Waals surface area contributed by atoms with E-state index < -0.39 is 5.92 Å². The van der Waals surface area contributed by atoms with Crippen molar-refractivity contribution in [2.24, 2.45) is 0 Å². The van der Waals surface area contributed by atoms with E-state index in [0.717, 1.165) is 5.39 Å². The van der Waals surface area contributed by atoms with Crippen molar-refractivity contribution in [3.8, 4) is 34.5 Å². The van der Waals surface area contributed by atoms with E-state index in [4.69, 9.17) is 40.0 Å². The molecule has 1 aromatic heterocycles. The Morgan fingerprint density at radius 1 is 0.667 bits per heavy atom. The van der Waals surface area contributed by atoms with Crippen molar-refractivity contribution in [1.29, 1.82) is 0 Å². The number of aromatic nitrogens is 1. The zero-order valence-electron chi connectivity index (χ0n) is 24.3. The molecule has 0 saturated heterocycles. The smallest absolute Gasteiger partial charge is 0.203 e. The van der Waals surface area contributed by atoms with Crippen LogP contribution < -0.4 is 28.4 Å². The first-order valence-corrected chi connectivity index (χ1v) is 13.4. The normalized spacial score (nSPS) is 10.9. The standard InChI is InChI=1S/C32H32ClNO8/c1-37-26-14-20(15-27(38-2)30(26)41-5)24(35)12-19(22-11-18-9-7-8-10-23(18)34-32(22)33)13-25(36)21-16-28(39-3)31(42-6)29(17-21)40-4/h7-11,14-17,19H,12-13H2,1-6H3. The van der Waals surface area contributed by atoms with E-state index in [1.807, 2.05) is 30.3 Å². The zero-order valence-corrected chi connectivity index (χ0v) is 25.0. The lowest BCUT2D eigenvalue weighted by Crippen LogP contribution is -2.14. The third-order valence-corrected chi connectivity index (χ3v) is 7.28. The van der Waals surface area contributed by atoms with Gasteiger partial charge in [0.1, 0.15) is 5.15 Å². The second kappa shape index (κ2) is 13.4. The van der Waals surface area contributed by atoms with Crippen LogP contribution in [0.4, 0.5) is 0 Å². The summed E-state index contributed by atoms with van der Waals surface area (Å²) in [4.78, 5) is 32.1. The number of ether oxygens (including phenoxy) is 6.